The Morgan fingerprint density at radius 1 is 1.40 bits per heavy atom. The van der Waals surface area contributed by atoms with Crippen LogP contribution in [0, 0.1) is 0 Å². The molecule has 1 atom stereocenters. The van der Waals surface area contributed by atoms with Crippen LogP contribution < -0.4 is 10.2 Å². The Morgan fingerprint density at radius 2 is 2.20 bits per heavy atom. The minimum atomic E-state index is -0.937. The molecule has 0 spiro atoms. The lowest BCUT2D eigenvalue weighted by molar-refractivity contribution is -0.124. The SMILES string of the molecule is O=C(O)c1ccc(N2CCOCC2C(=O)NC2CC2)s1. The Balaban J connectivity index is 1.76. The third kappa shape index (κ3) is 2.78. The van der Waals surface area contributed by atoms with Crippen LogP contribution in [0.3, 0.4) is 0 Å². The van der Waals surface area contributed by atoms with E-state index in [1.54, 1.807) is 12.1 Å². The number of morpholine rings is 1. The first-order chi connectivity index (χ1) is 9.65. The van der Waals surface area contributed by atoms with Gasteiger partial charge in [0.25, 0.3) is 0 Å². The average molecular weight is 296 g/mol. The number of nitrogens with zero attached hydrogens (tertiary/aromatic N) is 1. The van der Waals surface area contributed by atoms with Crippen molar-refractivity contribution in [1.29, 1.82) is 0 Å². The summed E-state index contributed by atoms with van der Waals surface area (Å²) in [6.45, 7) is 1.49. The summed E-state index contributed by atoms with van der Waals surface area (Å²) < 4.78 is 5.40. The maximum atomic E-state index is 12.2. The smallest absolute Gasteiger partial charge is 0.345 e. The van der Waals surface area contributed by atoms with Gasteiger partial charge >= 0.3 is 5.97 Å². The molecule has 2 aliphatic rings. The molecule has 2 heterocycles. The van der Waals surface area contributed by atoms with Crippen molar-refractivity contribution >= 4 is 28.2 Å². The number of nitrogens with one attached hydrogen (secondary N) is 1. The Morgan fingerprint density at radius 3 is 2.85 bits per heavy atom. The van der Waals surface area contributed by atoms with E-state index >= 15 is 0 Å². The van der Waals surface area contributed by atoms with Gasteiger partial charge in [-0.3, -0.25) is 4.79 Å². The third-order valence-corrected chi connectivity index (χ3v) is 4.55. The topological polar surface area (TPSA) is 78.9 Å². The van der Waals surface area contributed by atoms with Gasteiger partial charge < -0.3 is 20.1 Å². The number of ether oxygens (including phenoxy) is 1. The molecule has 1 amide bonds. The van der Waals surface area contributed by atoms with Crippen LogP contribution >= 0.6 is 11.3 Å². The van der Waals surface area contributed by atoms with Crippen LogP contribution in [0.25, 0.3) is 0 Å². The van der Waals surface area contributed by atoms with Crippen molar-refractivity contribution in [2.75, 3.05) is 24.7 Å². The van der Waals surface area contributed by atoms with Crippen molar-refractivity contribution < 1.29 is 19.4 Å². The highest BCUT2D eigenvalue weighted by Crippen LogP contribution is 2.29. The second-order valence-corrected chi connectivity index (χ2v) is 6.07. The Labute approximate surface area is 120 Å². The highest BCUT2D eigenvalue weighted by molar-refractivity contribution is 7.17. The van der Waals surface area contributed by atoms with Gasteiger partial charge in [-0.25, -0.2) is 4.79 Å². The van der Waals surface area contributed by atoms with Crippen LogP contribution in [0.2, 0.25) is 0 Å². The number of anilines is 1. The van der Waals surface area contributed by atoms with Gasteiger partial charge in [0, 0.05) is 12.6 Å². The quantitative estimate of drug-likeness (QED) is 0.864. The summed E-state index contributed by atoms with van der Waals surface area (Å²) in [4.78, 5) is 25.4. The number of rotatable bonds is 4. The van der Waals surface area contributed by atoms with Crippen LogP contribution in [0.1, 0.15) is 22.5 Å². The predicted molar refractivity (Wildman–Crippen MR) is 74.4 cm³/mol. The summed E-state index contributed by atoms with van der Waals surface area (Å²) in [5.41, 5.74) is 0. The molecule has 1 unspecified atom stereocenters. The summed E-state index contributed by atoms with van der Waals surface area (Å²) in [5.74, 6) is -0.967. The molecule has 20 heavy (non-hydrogen) atoms. The van der Waals surface area contributed by atoms with Gasteiger partial charge in [-0.1, -0.05) is 0 Å². The lowest BCUT2D eigenvalue weighted by Crippen LogP contribution is -2.54. The molecule has 1 aliphatic heterocycles. The van der Waals surface area contributed by atoms with E-state index in [9.17, 15) is 9.59 Å². The van der Waals surface area contributed by atoms with E-state index in [1.807, 2.05) is 4.90 Å². The fourth-order valence-corrected chi connectivity index (χ4v) is 3.13. The number of hydrogen-bond acceptors (Lipinski definition) is 5. The zero-order valence-corrected chi connectivity index (χ0v) is 11.7. The van der Waals surface area contributed by atoms with Crippen LogP contribution in [0.15, 0.2) is 12.1 Å². The Kier molecular flexibility index (Phi) is 3.62. The van der Waals surface area contributed by atoms with Crippen LogP contribution in [0.4, 0.5) is 5.00 Å². The number of carboxylic acid groups (broad SMARTS) is 1. The van der Waals surface area contributed by atoms with Crippen molar-refractivity contribution in [3.63, 3.8) is 0 Å². The number of carboxylic acids is 1. The highest BCUT2D eigenvalue weighted by atomic mass is 32.1. The average Bonchev–Trinajstić information content (AvgIpc) is 3.11. The highest BCUT2D eigenvalue weighted by Gasteiger charge is 2.34. The molecule has 1 aromatic heterocycles. The summed E-state index contributed by atoms with van der Waals surface area (Å²) >= 11 is 1.19. The molecule has 1 aromatic rings. The van der Waals surface area contributed by atoms with Gasteiger partial charge in [0.1, 0.15) is 10.9 Å². The first-order valence-corrected chi connectivity index (χ1v) is 7.44. The largest absolute Gasteiger partial charge is 0.477 e. The van der Waals surface area contributed by atoms with Gasteiger partial charge in [0.2, 0.25) is 5.91 Å². The number of hydrogen-bond donors (Lipinski definition) is 2. The molecule has 2 N–H and O–H groups in total. The van der Waals surface area contributed by atoms with Crippen LogP contribution in [-0.4, -0.2) is 48.8 Å². The maximum Gasteiger partial charge on any atom is 0.345 e. The van der Waals surface area contributed by atoms with Crippen molar-refractivity contribution in [2.45, 2.75) is 24.9 Å². The normalized spacial score (nSPS) is 22.6. The molecule has 1 aliphatic carbocycles. The first-order valence-electron chi connectivity index (χ1n) is 6.63. The number of amides is 1. The predicted octanol–water partition coefficient (Wildman–Crippen LogP) is 0.930. The second kappa shape index (κ2) is 5.41. The molecule has 3 rings (SSSR count). The molecule has 2 fully saturated rings. The van der Waals surface area contributed by atoms with E-state index in [1.165, 1.54) is 11.3 Å². The third-order valence-electron chi connectivity index (χ3n) is 3.44. The minimum Gasteiger partial charge on any atom is -0.477 e. The molecule has 1 saturated carbocycles. The van der Waals surface area contributed by atoms with E-state index in [-0.39, 0.29) is 16.8 Å². The first kappa shape index (κ1) is 13.4. The van der Waals surface area contributed by atoms with E-state index in [0.717, 1.165) is 17.8 Å². The van der Waals surface area contributed by atoms with Gasteiger partial charge in [-0.05, 0) is 25.0 Å². The van der Waals surface area contributed by atoms with Gasteiger partial charge in [-0.15, -0.1) is 11.3 Å². The fourth-order valence-electron chi connectivity index (χ4n) is 2.21. The van der Waals surface area contributed by atoms with Gasteiger partial charge in [0.15, 0.2) is 0 Å². The molecule has 0 aromatic carbocycles. The van der Waals surface area contributed by atoms with E-state index in [4.69, 9.17) is 9.84 Å². The summed E-state index contributed by atoms with van der Waals surface area (Å²) in [7, 11) is 0. The van der Waals surface area contributed by atoms with E-state index < -0.39 is 5.97 Å². The molecule has 0 bridgehead atoms. The van der Waals surface area contributed by atoms with Crippen LogP contribution in [0.5, 0.6) is 0 Å². The molecular formula is C13H16N2O4S. The lowest BCUT2D eigenvalue weighted by Gasteiger charge is -2.35. The second-order valence-electron chi connectivity index (χ2n) is 5.01. The number of carbonyl (C=O) groups excluding carboxylic acids is 1. The zero-order chi connectivity index (χ0) is 14.1. The van der Waals surface area contributed by atoms with E-state index in [0.29, 0.717) is 25.8 Å². The minimum absolute atomic E-state index is 0.0301. The van der Waals surface area contributed by atoms with Crippen molar-refractivity contribution in [3.8, 4) is 0 Å². The number of carbonyl (C=O) groups is 2. The van der Waals surface area contributed by atoms with Gasteiger partial charge in [0.05, 0.1) is 18.2 Å². The standard InChI is InChI=1S/C13H16N2O4S/c16-12(14-8-1-2-8)9-7-19-6-5-15(9)11-4-3-10(20-11)13(17)18/h3-4,8-9H,1-2,5-7H2,(H,14,16)(H,17,18). The maximum absolute atomic E-state index is 12.2. The molecule has 1 saturated heterocycles. The van der Waals surface area contributed by atoms with Crippen molar-refractivity contribution in [1.82, 2.24) is 5.32 Å². The molecular weight excluding hydrogens is 280 g/mol. The zero-order valence-electron chi connectivity index (χ0n) is 10.9. The fraction of sp³-hybridized carbons (Fsp3) is 0.538. The molecule has 108 valence electrons. The number of aromatic carboxylic acids is 1. The summed E-state index contributed by atoms with van der Waals surface area (Å²) in [5, 5.41) is 12.8. The number of thiophene rings is 1. The molecule has 6 nitrogen and oxygen atoms in total. The lowest BCUT2D eigenvalue weighted by atomic mass is 10.2. The van der Waals surface area contributed by atoms with Crippen molar-refractivity contribution in [3.05, 3.63) is 17.0 Å². The molecule has 0 radical (unpaired) electrons. The van der Waals surface area contributed by atoms with Crippen molar-refractivity contribution in [2.24, 2.45) is 0 Å². The molecule has 7 heteroatoms. The van der Waals surface area contributed by atoms with Gasteiger partial charge in [-0.2, -0.15) is 0 Å². The van der Waals surface area contributed by atoms with Crippen LogP contribution in [-0.2, 0) is 9.53 Å². The van der Waals surface area contributed by atoms with E-state index in [2.05, 4.69) is 5.32 Å². The summed E-state index contributed by atoms with van der Waals surface area (Å²) in [6, 6.07) is 3.28. The Bertz CT molecular complexity index is 526. The monoisotopic (exact) mass is 296 g/mol. The summed E-state index contributed by atoms with van der Waals surface area (Å²) in [6.07, 6.45) is 2.09. The Hall–Kier alpha value is -1.60.